The molecule has 34 heavy (non-hydrogen) atoms. The normalized spacial score (nSPS) is 13.4. The molecule has 1 fully saturated rings. The summed E-state index contributed by atoms with van der Waals surface area (Å²) in [6.07, 6.45) is 2.16. The summed E-state index contributed by atoms with van der Waals surface area (Å²) in [5.74, 6) is 0.510. The molecule has 1 saturated carbocycles. The molecule has 0 atom stereocenters. The minimum absolute atomic E-state index is 0.172. The van der Waals surface area contributed by atoms with E-state index in [0.717, 1.165) is 40.5 Å². The van der Waals surface area contributed by atoms with E-state index in [4.69, 9.17) is 14.1 Å². The number of rotatable bonds is 6. The lowest BCUT2D eigenvalue weighted by atomic mass is 9.99. The Bertz CT molecular complexity index is 1550. The highest BCUT2D eigenvalue weighted by atomic mass is 16.5. The van der Waals surface area contributed by atoms with Gasteiger partial charge in [-0.3, -0.25) is 0 Å². The summed E-state index contributed by atoms with van der Waals surface area (Å²) in [5.41, 5.74) is 5.18. The van der Waals surface area contributed by atoms with E-state index in [9.17, 15) is 9.90 Å². The van der Waals surface area contributed by atoms with E-state index >= 15 is 0 Å². The van der Waals surface area contributed by atoms with Gasteiger partial charge in [-0.15, -0.1) is 0 Å². The molecule has 5 nitrogen and oxygen atoms in total. The van der Waals surface area contributed by atoms with Crippen LogP contribution in [-0.2, 0) is 6.61 Å². The first-order valence-electron chi connectivity index (χ1n) is 11.5. The van der Waals surface area contributed by atoms with E-state index in [1.165, 1.54) is 0 Å². The third-order valence-corrected chi connectivity index (χ3v) is 6.51. The second-order valence-electron chi connectivity index (χ2n) is 8.84. The number of aromatic carboxylic acids is 1. The van der Waals surface area contributed by atoms with Gasteiger partial charge in [0.25, 0.3) is 0 Å². The monoisotopic (exact) mass is 449 g/mol. The van der Waals surface area contributed by atoms with Crippen LogP contribution < -0.4 is 4.74 Å². The average Bonchev–Trinajstić information content (AvgIpc) is 3.65. The molecule has 0 radical (unpaired) electrons. The number of carbonyl (C=O) groups is 1. The van der Waals surface area contributed by atoms with Crippen molar-refractivity contribution in [2.75, 3.05) is 0 Å². The molecule has 1 aliphatic carbocycles. The summed E-state index contributed by atoms with van der Waals surface area (Å²) in [6, 6.07) is 23.2. The lowest BCUT2D eigenvalue weighted by Gasteiger charge is -2.15. The van der Waals surface area contributed by atoms with Crippen LogP contribution in [0.5, 0.6) is 5.75 Å². The van der Waals surface area contributed by atoms with Gasteiger partial charge in [-0.05, 0) is 55.0 Å². The van der Waals surface area contributed by atoms with E-state index in [0.29, 0.717) is 40.6 Å². The minimum Gasteiger partial charge on any atom is -0.488 e. The van der Waals surface area contributed by atoms with E-state index in [1.807, 2.05) is 73.7 Å². The van der Waals surface area contributed by atoms with Crippen molar-refractivity contribution in [3.8, 4) is 17.2 Å². The van der Waals surface area contributed by atoms with Gasteiger partial charge >= 0.3 is 5.97 Å². The third-order valence-electron chi connectivity index (χ3n) is 6.51. The van der Waals surface area contributed by atoms with Crippen LogP contribution in [0, 0.1) is 6.92 Å². The van der Waals surface area contributed by atoms with Gasteiger partial charge in [-0.1, -0.05) is 54.6 Å². The van der Waals surface area contributed by atoms with Crippen molar-refractivity contribution in [3.63, 3.8) is 0 Å². The Morgan fingerprint density at radius 2 is 1.82 bits per heavy atom. The van der Waals surface area contributed by atoms with E-state index in [1.54, 1.807) is 6.07 Å². The van der Waals surface area contributed by atoms with Crippen molar-refractivity contribution >= 4 is 27.8 Å². The van der Waals surface area contributed by atoms with Gasteiger partial charge in [0.2, 0.25) is 0 Å². The molecular formula is C29H23NO4. The summed E-state index contributed by atoms with van der Waals surface area (Å²) >= 11 is 0. The molecule has 1 N–H and O–H groups in total. The molecule has 168 valence electrons. The molecule has 5 heteroatoms. The second kappa shape index (κ2) is 8.03. The first-order valence-corrected chi connectivity index (χ1v) is 11.5. The Morgan fingerprint density at radius 1 is 1.06 bits per heavy atom. The lowest BCUT2D eigenvalue weighted by Crippen LogP contribution is -2.05. The molecule has 3 aromatic carbocycles. The number of ether oxygens (including phenoxy) is 1. The Balaban J connectivity index is 1.55. The summed E-state index contributed by atoms with van der Waals surface area (Å²) < 4.78 is 12.3. The summed E-state index contributed by atoms with van der Waals surface area (Å²) in [6.45, 7) is 2.33. The first-order chi connectivity index (χ1) is 16.6. The summed E-state index contributed by atoms with van der Waals surface area (Å²) in [7, 11) is 0. The maximum atomic E-state index is 12.5. The molecule has 0 aliphatic heterocycles. The Kier molecular flexibility index (Phi) is 4.84. The Morgan fingerprint density at radius 3 is 2.56 bits per heavy atom. The minimum atomic E-state index is -1.01. The van der Waals surface area contributed by atoms with E-state index in [2.05, 4.69) is 0 Å². The SMILES string of the molecule is Cc1c(-c2cc(C(=O)O)c3c(OCc4ccccc4)ccc(C4CC4)c3n2)oc2ccccc12. The highest BCUT2D eigenvalue weighted by molar-refractivity contribution is 6.07. The molecule has 0 unspecified atom stereocenters. The van der Waals surface area contributed by atoms with Crippen LogP contribution in [0.25, 0.3) is 33.3 Å². The van der Waals surface area contributed by atoms with Gasteiger partial charge in [0.05, 0.1) is 16.5 Å². The molecule has 0 saturated heterocycles. The first kappa shape index (κ1) is 20.5. The predicted octanol–water partition coefficient (Wildman–Crippen LogP) is 7.11. The molecule has 0 amide bonds. The Labute approximate surface area is 196 Å². The number of carboxylic acid groups (broad SMARTS) is 1. The zero-order valence-corrected chi connectivity index (χ0v) is 18.7. The van der Waals surface area contributed by atoms with Crippen LogP contribution in [0.3, 0.4) is 0 Å². The molecule has 2 aromatic heterocycles. The van der Waals surface area contributed by atoms with Gasteiger partial charge in [0, 0.05) is 10.9 Å². The van der Waals surface area contributed by atoms with Gasteiger partial charge in [-0.25, -0.2) is 9.78 Å². The van der Waals surface area contributed by atoms with Crippen LogP contribution in [0.15, 0.2) is 77.2 Å². The van der Waals surface area contributed by atoms with E-state index in [-0.39, 0.29) is 5.56 Å². The quantitative estimate of drug-likeness (QED) is 0.299. The molecule has 5 aromatic rings. The zero-order chi connectivity index (χ0) is 23.2. The maximum absolute atomic E-state index is 12.5. The molecule has 0 bridgehead atoms. The van der Waals surface area contributed by atoms with Crippen LogP contribution in [0.2, 0.25) is 0 Å². The van der Waals surface area contributed by atoms with Gasteiger partial charge < -0.3 is 14.3 Å². The van der Waals surface area contributed by atoms with Crippen LogP contribution >= 0.6 is 0 Å². The number of para-hydroxylation sites is 1. The van der Waals surface area contributed by atoms with Crippen LogP contribution in [0.4, 0.5) is 0 Å². The summed E-state index contributed by atoms with van der Waals surface area (Å²) in [4.78, 5) is 17.4. The number of benzene rings is 3. The van der Waals surface area contributed by atoms with Crippen molar-refractivity contribution in [1.29, 1.82) is 0 Å². The highest BCUT2D eigenvalue weighted by Crippen LogP contribution is 2.46. The standard InChI is InChI=1S/C29H23NO4/c1-17-20-9-5-6-10-24(20)34-28(17)23-15-22(29(31)32)26-25(33-16-18-7-3-2-4-8-18)14-13-21(19-11-12-19)27(26)30-23/h2-10,13-15,19H,11-12,16H2,1H3,(H,31,32). The third kappa shape index (κ3) is 3.50. The number of carboxylic acids is 1. The number of fused-ring (bicyclic) bond motifs is 2. The van der Waals surface area contributed by atoms with E-state index < -0.39 is 5.97 Å². The number of furan rings is 1. The summed E-state index contributed by atoms with van der Waals surface area (Å²) in [5, 5.41) is 11.7. The fourth-order valence-electron chi connectivity index (χ4n) is 4.61. The Hall–Kier alpha value is -4.12. The maximum Gasteiger partial charge on any atom is 0.336 e. The number of hydrogen-bond acceptors (Lipinski definition) is 4. The number of nitrogens with zero attached hydrogens (tertiary/aromatic N) is 1. The topological polar surface area (TPSA) is 72.6 Å². The fourth-order valence-corrected chi connectivity index (χ4v) is 4.61. The number of pyridine rings is 1. The molecule has 2 heterocycles. The molecule has 6 rings (SSSR count). The highest BCUT2D eigenvalue weighted by Gasteiger charge is 2.29. The molecule has 0 spiro atoms. The van der Waals surface area contributed by atoms with Crippen molar-refractivity contribution in [2.24, 2.45) is 0 Å². The smallest absolute Gasteiger partial charge is 0.336 e. The average molecular weight is 450 g/mol. The van der Waals surface area contributed by atoms with Gasteiger partial charge in [-0.2, -0.15) is 0 Å². The lowest BCUT2D eigenvalue weighted by molar-refractivity contribution is 0.0698. The van der Waals surface area contributed by atoms with Gasteiger partial charge in [0.15, 0.2) is 5.76 Å². The van der Waals surface area contributed by atoms with Crippen molar-refractivity contribution in [3.05, 3.63) is 95.1 Å². The molecule has 1 aliphatic rings. The fraction of sp³-hybridized carbons (Fsp3) is 0.172. The van der Waals surface area contributed by atoms with Crippen molar-refractivity contribution in [1.82, 2.24) is 4.98 Å². The van der Waals surface area contributed by atoms with Crippen LogP contribution in [-0.4, -0.2) is 16.1 Å². The number of hydrogen-bond donors (Lipinski definition) is 1. The predicted molar refractivity (Wildman–Crippen MR) is 131 cm³/mol. The van der Waals surface area contributed by atoms with Crippen LogP contribution in [0.1, 0.15) is 45.8 Å². The second-order valence-corrected chi connectivity index (χ2v) is 8.84. The zero-order valence-electron chi connectivity index (χ0n) is 18.7. The van der Waals surface area contributed by atoms with Crippen molar-refractivity contribution < 1.29 is 19.1 Å². The van der Waals surface area contributed by atoms with Gasteiger partial charge in [0.1, 0.15) is 23.6 Å². The number of aromatic nitrogens is 1. The molecular weight excluding hydrogens is 426 g/mol. The number of aryl methyl sites for hydroxylation is 1. The largest absolute Gasteiger partial charge is 0.488 e. The van der Waals surface area contributed by atoms with Crippen molar-refractivity contribution in [2.45, 2.75) is 32.3 Å².